The molecule has 0 amide bonds. The summed E-state index contributed by atoms with van der Waals surface area (Å²) in [6.07, 6.45) is 0. The van der Waals surface area contributed by atoms with Gasteiger partial charge in [-0.25, -0.2) is 12.7 Å². The Morgan fingerprint density at radius 1 is 1.54 bits per heavy atom. The summed E-state index contributed by atoms with van der Waals surface area (Å²) in [4.78, 5) is 0. The molecule has 0 aromatic heterocycles. The second-order valence-electron chi connectivity index (χ2n) is 2.83. The minimum Gasteiger partial charge on any atom is -0.384 e. The topological polar surface area (TPSA) is 46.6 Å². The molecular weight excluding hydrogens is 214 g/mol. The van der Waals surface area contributed by atoms with Gasteiger partial charge >= 0.3 is 0 Å². The maximum Gasteiger partial charge on any atom is 0.216 e. The van der Waals surface area contributed by atoms with Crippen LogP contribution in [0, 0.1) is 0 Å². The number of methoxy groups -OCH3 is 1. The third-order valence-corrected chi connectivity index (χ3v) is 4.19. The van der Waals surface area contributed by atoms with Crippen molar-refractivity contribution in [3.05, 3.63) is 0 Å². The van der Waals surface area contributed by atoms with Gasteiger partial charge in [-0.2, -0.15) is 0 Å². The molecule has 0 aromatic carbocycles. The lowest BCUT2D eigenvalue weighted by molar-refractivity contribution is 0.215. The first-order valence-corrected chi connectivity index (χ1v) is 6.10. The van der Waals surface area contributed by atoms with Gasteiger partial charge in [-0.1, -0.05) is 0 Å². The van der Waals surface area contributed by atoms with Crippen LogP contribution in [0.15, 0.2) is 0 Å². The van der Waals surface area contributed by atoms with E-state index in [4.69, 9.17) is 16.3 Å². The molecule has 0 saturated carbocycles. The number of rotatable bonds is 6. The van der Waals surface area contributed by atoms with Gasteiger partial charge in [0.2, 0.25) is 10.0 Å². The monoisotopic (exact) mass is 229 g/mol. The zero-order valence-electron chi connectivity index (χ0n) is 8.16. The van der Waals surface area contributed by atoms with Crippen LogP contribution in [0.4, 0.5) is 0 Å². The van der Waals surface area contributed by atoms with Gasteiger partial charge in [0.15, 0.2) is 0 Å². The zero-order valence-corrected chi connectivity index (χ0v) is 9.73. The Hall–Kier alpha value is 0.160. The molecule has 4 nitrogen and oxygen atoms in total. The highest BCUT2D eigenvalue weighted by atomic mass is 35.5. The van der Waals surface area contributed by atoms with Crippen LogP contribution in [-0.2, 0) is 14.8 Å². The lowest BCUT2D eigenvalue weighted by Crippen LogP contribution is -2.38. The Balaban J connectivity index is 4.28. The Bertz CT molecular complexity index is 230. The molecule has 0 saturated heterocycles. The Kier molecular flexibility index (Phi) is 5.87. The van der Waals surface area contributed by atoms with Gasteiger partial charge in [0.1, 0.15) is 0 Å². The molecule has 1 atom stereocenters. The van der Waals surface area contributed by atoms with Crippen molar-refractivity contribution in [2.45, 2.75) is 13.0 Å². The highest BCUT2D eigenvalue weighted by Crippen LogP contribution is 2.05. The Morgan fingerprint density at radius 3 is 2.46 bits per heavy atom. The van der Waals surface area contributed by atoms with Crippen LogP contribution in [0.2, 0.25) is 0 Å². The summed E-state index contributed by atoms with van der Waals surface area (Å²) in [6.45, 7) is 1.97. The van der Waals surface area contributed by atoms with E-state index in [9.17, 15) is 8.42 Å². The van der Waals surface area contributed by atoms with Gasteiger partial charge in [0.05, 0.1) is 12.4 Å². The summed E-state index contributed by atoms with van der Waals surface area (Å²) in [7, 11) is -0.211. The van der Waals surface area contributed by atoms with Gasteiger partial charge in [-0.05, 0) is 6.92 Å². The summed E-state index contributed by atoms with van der Waals surface area (Å²) in [5.74, 6) is 0.296. The Morgan fingerprint density at radius 2 is 2.08 bits per heavy atom. The molecule has 0 radical (unpaired) electrons. The minimum atomic E-state index is -3.21. The quantitative estimate of drug-likeness (QED) is 0.624. The molecule has 0 aliphatic carbocycles. The molecule has 6 heteroatoms. The predicted octanol–water partition coefficient (Wildman–Crippen LogP) is 0.522. The molecule has 0 fully saturated rings. The minimum absolute atomic E-state index is 0.00122. The number of halogens is 1. The number of hydrogen-bond donors (Lipinski definition) is 0. The molecule has 0 aromatic rings. The number of nitrogens with zero attached hydrogens (tertiary/aromatic N) is 1. The van der Waals surface area contributed by atoms with Crippen molar-refractivity contribution < 1.29 is 13.2 Å². The fourth-order valence-electron chi connectivity index (χ4n) is 0.704. The van der Waals surface area contributed by atoms with Crippen LogP contribution in [0.1, 0.15) is 6.92 Å². The third-order valence-electron chi connectivity index (χ3n) is 1.83. The highest BCUT2D eigenvalue weighted by molar-refractivity contribution is 7.89. The van der Waals surface area contributed by atoms with Crippen molar-refractivity contribution in [1.29, 1.82) is 0 Å². The van der Waals surface area contributed by atoms with Crippen molar-refractivity contribution in [1.82, 2.24) is 4.31 Å². The van der Waals surface area contributed by atoms with Crippen LogP contribution in [0.5, 0.6) is 0 Å². The fourth-order valence-corrected chi connectivity index (χ4v) is 2.28. The van der Waals surface area contributed by atoms with Crippen molar-refractivity contribution in [2.24, 2.45) is 0 Å². The second kappa shape index (κ2) is 5.80. The van der Waals surface area contributed by atoms with Gasteiger partial charge in [0.25, 0.3) is 0 Å². The first-order valence-electron chi connectivity index (χ1n) is 3.96. The maximum atomic E-state index is 11.5. The van der Waals surface area contributed by atoms with Crippen LogP contribution >= 0.6 is 11.6 Å². The van der Waals surface area contributed by atoms with Gasteiger partial charge < -0.3 is 4.74 Å². The van der Waals surface area contributed by atoms with Crippen molar-refractivity contribution in [3.63, 3.8) is 0 Å². The molecule has 80 valence electrons. The average molecular weight is 230 g/mol. The molecule has 0 rings (SSSR count). The van der Waals surface area contributed by atoms with E-state index >= 15 is 0 Å². The predicted molar refractivity (Wildman–Crippen MR) is 53.6 cm³/mol. The first kappa shape index (κ1) is 13.2. The van der Waals surface area contributed by atoms with Crippen LogP contribution in [0.3, 0.4) is 0 Å². The molecule has 1 unspecified atom stereocenters. The molecule has 0 heterocycles. The molecular formula is C7H16ClNO3S. The largest absolute Gasteiger partial charge is 0.384 e. The molecule has 13 heavy (non-hydrogen) atoms. The number of alkyl halides is 1. The summed E-state index contributed by atoms with van der Waals surface area (Å²) >= 11 is 5.55. The maximum absolute atomic E-state index is 11.5. The molecule has 0 aliphatic heterocycles. The summed E-state index contributed by atoms with van der Waals surface area (Å²) in [5, 5.41) is 0. The van der Waals surface area contributed by atoms with Crippen LogP contribution < -0.4 is 0 Å². The number of hydrogen-bond acceptors (Lipinski definition) is 3. The van der Waals surface area contributed by atoms with E-state index < -0.39 is 10.0 Å². The number of ether oxygens (including phenoxy) is 1. The normalized spacial score (nSPS) is 14.8. The van der Waals surface area contributed by atoms with Crippen LogP contribution in [0.25, 0.3) is 0 Å². The van der Waals surface area contributed by atoms with E-state index in [2.05, 4.69) is 0 Å². The van der Waals surface area contributed by atoms with Gasteiger partial charge in [0, 0.05) is 26.1 Å². The van der Waals surface area contributed by atoms with Crippen molar-refractivity contribution in [2.75, 3.05) is 32.4 Å². The van der Waals surface area contributed by atoms with E-state index in [1.54, 1.807) is 6.92 Å². The average Bonchev–Trinajstić information content (AvgIpc) is 2.12. The van der Waals surface area contributed by atoms with E-state index in [-0.39, 0.29) is 18.4 Å². The van der Waals surface area contributed by atoms with E-state index in [0.29, 0.717) is 5.88 Å². The van der Waals surface area contributed by atoms with Crippen molar-refractivity contribution >= 4 is 21.6 Å². The summed E-state index contributed by atoms with van der Waals surface area (Å²) < 4.78 is 28.9. The number of sulfonamides is 1. The first-order chi connectivity index (χ1) is 5.95. The fraction of sp³-hybridized carbons (Fsp3) is 1.00. The van der Waals surface area contributed by atoms with Gasteiger partial charge in [-0.15, -0.1) is 11.6 Å². The highest BCUT2D eigenvalue weighted by Gasteiger charge is 2.21. The van der Waals surface area contributed by atoms with Crippen molar-refractivity contribution in [3.8, 4) is 0 Å². The standard InChI is InChI=1S/C7H16ClNO3S/c1-7(6-8)9(2)13(10,11)5-4-12-3/h7H,4-6H2,1-3H3. The van der Waals surface area contributed by atoms with Crippen LogP contribution in [-0.4, -0.2) is 51.2 Å². The van der Waals surface area contributed by atoms with E-state index in [1.807, 2.05) is 0 Å². The summed E-state index contributed by atoms with van der Waals surface area (Å²) in [5.41, 5.74) is 0. The smallest absolute Gasteiger partial charge is 0.216 e. The lowest BCUT2D eigenvalue weighted by atomic mass is 10.4. The lowest BCUT2D eigenvalue weighted by Gasteiger charge is -2.22. The molecule has 0 bridgehead atoms. The molecule has 0 aliphatic rings. The Labute approximate surface area is 84.9 Å². The zero-order chi connectivity index (χ0) is 10.5. The molecule has 0 spiro atoms. The van der Waals surface area contributed by atoms with E-state index in [1.165, 1.54) is 18.5 Å². The third kappa shape index (κ3) is 4.26. The van der Waals surface area contributed by atoms with Gasteiger partial charge in [-0.3, -0.25) is 0 Å². The second-order valence-corrected chi connectivity index (χ2v) is 5.28. The molecule has 0 N–H and O–H groups in total. The summed E-state index contributed by atoms with van der Waals surface area (Å²) in [6, 6.07) is -0.177. The SMILES string of the molecule is COCCS(=O)(=O)N(C)C(C)CCl. The van der Waals surface area contributed by atoms with E-state index in [0.717, 1.165) is 0 Å².